The van der Waals surface area contributed by atoms with Crippen molar-refractivity contribution in [2.24, 2.45) is 0 Å². The van der Waals surface area contributed by atoms with Crippen LogP contribution in [-0.2, 0) is 6.54 Å². The number of aryl methyl sites for hydroxylation is 1. The van der Waals surface area contributed by atoms with Crippen LogP contribution in [0.4, 0.5) is 0 Å². The van der Waals surface area contributed by atoms with Crippen molar-refractivity contribution in [3.63, 3.8) is 0 Å². The van der Waals surface area contributed by atoms with E-state index in [1.165, 1.54) is 12.1 Å². The Labute approximate surface area is 95.6 Å². The fourth-order valence-corrected chi connectivity index (χ4v) is 3.18. The van der Waals surface area contributed by atoms with Crippen LogP contribution in [0, 0.1) is 0 Å². The van der Waals surface area contributed by atoms with Crippen molar-refractivity contribution >= 4 is 11.8 Å². The molecular formula is C11H19N3S. The topological polar surface area (TPSA) is 29.9 Å². The van der Waals surface area contributed by atoms with Gasteiger partial charge in [-0.2, -0.15) is 5.10 Å². The van der Waals surface area contributed by atoms with Gasteiger partial charge in [-0.25, -0.2) is 0 Å². The molecule has 84 valence electrons. The van der Waals surface area contributed by atoms with Gasteiger partial charge in [0.25, 0.3) is 0 Å². The molecule has 3 nitrogen and oxygen atoms in total. The van der Waals surface area contributed by atoms with E-state index in [0.29, 0.717) is 5.37 Å². The molecule has 1 saturated heterocycles. The van der Waals surface area contributed by atoms with Crippen LogP contribution in [-0.4, -0.2) is 21.6 Å². The Balaban J connectivity index is 2.10. The summed E-state index contributed by atoms with van der Waals surface area (Å²) >= 11 is 2.01. The molecule has 1 aromatic heterocycles. The van der Waals surface area contributed by atoms with E-state index in [0.717, 1.165) is 24.8 Å². The van der Waals surface area contributed by atoms with Crippen molar-refractivity contribution < 1.29 is 0 Å². The lowest BCUT2D eigenvalue weighted by Gasteiger charge is -2.28. The molecule has 0 radical (unpaired) electrons. The predicted molar refractivity (Wildman–Crippen MR) is 64.9 cm³/mol. The van der Waals surface area contributed by atoms with Gasteiger partial charge >= 0.3 is 0 Å². The first-order valence-electron chi connectivity index (χ1n) is 5.72. The van der Waals surface area contributed by atoms with Crippen molar-refractivity contribution in [3.05, 3.63) is 18.0 Å². The van der Waals surface area contributed by atoms with E-state index in [9.17, 15) is 0 Å². The number of hydrogen-bond donors (Lipinski definition) is 1. The molecule has 15 heavy (non-hydrogen) atoms. The van der Waals surface area contributed by atoms with E-state index >= 15 is 0 Å². The molecule has 4 heteroatoms. The molecule has 1 aliphatic heterocycles. The van der Waals surface area contributed by atoms with Crippen molar-refractivity contribution in [1.29, 1.82) is 0 Å². The predicted octanol–water partition coefficient (Wildman–Crippen LogP) is 2.41. The molecule has 2 heterocycles. The maximum absolute atomic E-state index is 4.37. The SMILES string of the molecule is CCCn1nccc1C1NCCC(C)S1. The van der Waals surface area contributed by atoms with Crippen LogP contribution in [0.1, 0.15) is 37.8 Å². The fourth-order valence-electron chi connectivity index (χ4n) is 1.90. The number of nitrogens with one attached hydrogen (secondary N) is 1. The zero-order valence-electron chi connectivity index (χ0n) is 9.44. The van der Waals surface area contributed by atoms with Crippen molar-refractivity contribution in [2.45, 2.75) is 43.9 Å². The minimum absolute atomic E-state index is 0.433. The van der Waals surface area contributed by atoms with Gasteiger partial charge < -0.3 is 5.32 Å². The van der Waals surface area contributed by atoms with Gasteiger partial charge in [0.05, 0.1) is 11.1 Å². The van der Waals surface area contributed by atoms with Crippen LogP contribution in [0.5, 0.6) is 0 Å². The molecule has 1 aliphatic rings. The zero-order chi connectivity index (χ0) is 10.7. The molecule has 1 N–H and O–H groups in total. The summed E-state index contributed by atoms with van der Waals surface area (Å²) in [5, 5.41) is 9.11. The smallest absolute Gasteiger partial charge is 0.0961 e. The van der Waals surface area contributed by atoms with Gasteiger partial charge in [-0.05, 0) is 25.5 Å². The molecule has 0 spiro atoms. The van der Waals surface area contributed by atoms with Gasteiger partial charge in [0, 0.05) is 18.0 Å². The minimum Gasteiger partial charge on any atom is -0.300 e. The molecule has 2 rings (SSSR count). The Morgan fingerprint density at radius 2 is 2.53 bits per heavy atom. The largest absolute Gasteiger partial charge is 0.300 e. The molecule has 2 unspecified atom stereocenters. The quantitative estimate of drug-likeness (QED) is 0.856. The number of rotatable bonds is 3. The lowest BCUT2D eigenvalue weighted by molar-refractivity contribution is 0.528. The second-order valence-corrected chi connectivity index (χ2v) is 5.60. The first-order chi connectivity index (χ1) is 7.31. The fraction of sp³-hybridized carbons (Fsp3) is 0.727. The molecule has 1 fully saturated rings. The molecule has 0 amide bonds. The second-order valence-electron chi connectivity index (χ2n) is 4.05. The van der Waals surface area contributed by atoms with E-state index in [4.69, 9.17) is 0 Å². The number of hydrogen-bond acceptors (Lipinski definition) is 3. The molecule has 0 saturated carbocycles. The van der Waals surface area contributed by atoms with Crippen LogP contribution in [0.3, 0.4) is 0 Å². The van der Waals surface area contributed by atoms with Gasteiger partial charge in [0.2, 0.25) is 0 Å². The van der Waals surface area contributed by atoms with E-state index in [1.54, 1.807) is 0 Å². The molecular weight excluding hydrogens is 206 g/mol. The maximum Gasteiger partial charge on any atom is 0.0961 e. The highest BCUT2D eigenvalue weighted by Gasteiger charge is 2.22. The van der Waals surface area contributed by atoms with Crippen molar-refractivity contribution in [2.75, 3.05) is 6.54 Å². The molecule has 1 aromatic rings. The van der Waals surface area contributed by atoms with Gasteiger partial charge in [-0.3, -0.25) is 4.68 Å². The Morgan fingerprint density at radius 1 is 1.67 bits per heavy atom. The highest BCUT2D eigenvalue weighted by atomic mass is 32.2. The summed E-state index contributed by atoms with van der Waals surface area (Å²) in [4.78, 5) is 0. The van der Waals surface area contributed by atoms with Gasteiger partial charge in [-0.15, -0.1) is 11.8 Å². The molecule has 0 aromatic carbocycles. The van der Waals surface area contributed by atoms with E-state index in [-0.39, 0.29) is 0 Å². The standard InChI is InChI=1S/C11H19N3S/c1-3-8-14-10(5-7-13-14)11-12-6-4-9(2)15-11/h5,7,9,11-12H,3-4,6,8H2,1-2H3. The molecule has 0 bridgehead atoms. The summed E-state index contributed by atoms with van der Waals surface area (Å²) in [5.74, 6) is 0. The van der Waals surface area contributed by atoms with Crippen LogP contribution < -0.4 is 5.32 Å². The third-order valence-electron chi connectivity index (χ3n) is 2.70. The zero-order valence-corrected chi connectivity index (χ0v) is 10.3. The number of aromatic nitrogens is 2. The van der Waals surface area contributed by atoms with Crippen LogP contribution in [0.25, 0.3) is 0 Å². The summed E-state index contributed by atoms with van der Waals surface area (Å²) < 4.78 is 2.13. The lowest BCUT2D eigenvalue weighted by Crippen LogP contribution is -2.30. The van der Waals surface area contributed by atoms with Gasteiger partial charge in [-0.1, -0.05) is 13.8 Å². The number of thioether (sulfide) groups is 1. The summed E-state index contributed by atoms with van der Waals surface area (Å²) in [5.41, 5.74) is 1.33. The normalized spacial score (nSPS) is 26.8. The Hall–Kier alpha value is -0.480. The van der Waals surface area contributed by atoms with Crippen molar-refractivity contribution in [3.8, 4) is 0 Å². The summed E-state index contributed by atoms with van der Waals surface area (Å²) in [7, 11) is 0. The third kappa shape index (κ3) is 2.55. The summed E-state index contributed by atoms with van der Waals surface area (Å²) in [6.07, 6.45) is 4.32. The van der Waals surface area contributed by atoms with Crippen LogP contribution >= 0.6 is 11.8 Å². The Morgan fingerprint density at radius 3 is 3.27 bits per heavy atom. The minimum atomic E-state index is 0.433. The Kier molecular flexibility index (Phi) is 3.70. The second kappa shape index (κ2) is 5.03. The summed E-state index contributed by atoms with van der Waals surface area (Å²) in [6.45, 7) is 6.64. The Bertz CT molecular complexity index is 311. The first-order valence-corrected chi connectivity index (χ1v) is 6.66. The van der Waals surface area contributed by atoms with Crippen molar-refractivity contribution in [1.82, 2.24) is 15.1 Å². The monoisotopic (exact) mass is 225 g/mol. The molecule has 0 aliphatic carbocycles. The van der Waals surface area contributed by atoms with E-state index in [1.807, 2.05) is 18.0 Å². The van der Waals surface area contributed by atoms with Gasteiger partial charge in [0.15, 0.2) is 0 Å². The number of nitrogens with zero attached hydrogens (tertiary/aromatic N) is 2. The highest BCUT2D eigenvalue weighted by Crippen LogP contribution is 2.34. The average Bonchev–Trinajstić information content (AvgIpc) is 2.66. The average molecular weight is 225 g/mol. The van der Waals surface area contributed by atoms with E-state index in [2.05, 4.69) is 35.0 Å². The highest BCUT2D eigenvalue weighted by molar-refractivity contribution is 8.00. The van der Waals surface area contributed by atoms with Crippen LogP contribution in [0.15, 0.2) is 12.3 Å². The first kappa shape index (κ1) is 11.0. The maximum atomic E-state index is 4.37. The third-order valence-corrected chi connectivity index (χ3v) is 4.08. The lowest BCUT2D eigenvalue weighted by atomic mass is 10.3. The van der Waals surface area contributed by atoms with Gasteiger partial charge in [0.1, 0.15) is 0 Å². The van der Waals surface area contributed by atoms with Crippen LogP contribution in [0.2, 0.25) is 0 Å². The summed E-state index contributed by atoms with van der Waals surface area (Å²) in [6, 6.07) is 2.14. The van der Waals surface area contributed by atoms with E-state index < -0.39 is 0 Å². The molecule has 2 atom stereocenters.